The van der Waals surface area contributed by atoms with Crippen molar-refractivity contribution in [2.24, 2.45) is 5.84 Å². The molecule has 4 heteroatoms. The van der Waals surface area contributed by atoms with E-state index in [1.54, 1.807) is 11.3 Å². The Kier molecular flexibility index (Phi) is 3.77. The van der Waals surface area contributed by atoms with Crippen LogP contribution in [0.2, 0.25) is 0 Å². The second kappa shape index (κ2) is 5.30. The number of ether oxygens (including phenoxy) is 1. The lowest BCUT2D eigenvalue weighted by Gasteiger charge is -2.22. The van der Waals surface area contributed by atoms with E-state index in [0.29, 0.717) is 0 Å². The average Bonchev–Trinajstić information content (AvgIpc) is 2.80. The Labute approximate surface area is 93.9 Å². The van der Waals surface area contributed by atoms with E-state index in [4.69, 9.17) is 10.6 Å². The summed E-state index contributed by atoms with van der Waals surface area (Å²) in [5, 5.41) is 4.25. The van der Waals surface area contributed by atoms with Crippen LogP contribution in [-0.2, 0) is 11.2 Å². The van der Waals surface area contributed by atoms with Crippen LogP contribution >= 0.6 is 11.3 Å². The third kappa shape index (κ3) is 2.81. The van der Waals surface area contributed by atoms with Gasteiger partial charge in [0, 0.05) is 6.04 Å². The molecule has 1 aromatic rings. The number of hydrogen-bond donors (Lipinski definition) is 2. The number of thiophene rings is 1. The molecule has 1 aliphatic rings. The molecule has 0 radical (unpaired) electrons. The lowest BCUT2D eigenvalue weighted by atomic mass is 9.97. The van der Waals surface area contributed by atoms with E-state index < -0.39 is 0 Å². The molecule has 2 rings (SSSR count). The first-order chi connectivity index (χ1) is 7.40. The van der Waals surface area contributed by atoms with Gasteiger partial charge in [0.2, 0.25) is 0 Å². The molecular formula is C11H16N2OS. The van der Waals surface area contributed by atoms with Crippen LogP contribution in [0.4, 0.5) is 0 Å². The molecule has 0 amide bonds. The van der Waals surface area contributed by atoms with Crippen LogP contribution in [0.5, 0.6) is 0 Å². The van der Waals surface area contributed by atoms with Gasteiger partial charge in [-0.2, -0.15) is 11.3 Å². The van der Waals surface area contributed by atoms with Gasteiger partial charge in [0.15, 0.2) is 0 Å². The minimum atomic E-state index is 0.208. The molecule has 1 atom stereocenters. The smallest absolute Gasteiger partial charge is 0.0876 e. The highest BCUT2D eigenvalue weighted by Crippen LogP contribution is 2.19. The molecular weight excluding hydrogens is 208 g/mol. The second-order valence-electron chi connectivity index (χ2n) is 3.72. The van der Waals surface area contributed by atoms with Crippen LogP contribution in [0.15, 0.2) is 28.7 Å². The number of nitrogens with two attached hydrogens (primary N) is 1. The summed E-state index contributed by atoms with van der Waals surface area (Å²) in [6, 6.07) is 2.35. The molecule has 3 nitrogen and oxygen atoms in total. The van der Waals surface area contributed by atoms with Gasteiger partial charge in [-0.15, -0.1) is 0 Å². The topological polar surface area (TPSA) is 47.3 Å². The van der Waals surface area contributed by atoms with Gasteiger partial charge in [-0.05, 0) is 47.2 Å². The third-order valence-corrected chi connectivity index (χ3v) is 3.36. The Bertz CT molecular complexity index is 321. The molecule has 1 aromatic heterocycles. The number of hydrazine groups is 1. The highest BCUT2D eigenvalue weighted by molar-refractivity contribution is 7.07. The summed E-state index contributed by atoms with van der Waals surface area (Å²) in [5.74, 6) is 5.58. The molecule has 0 spiro atoms. The molecule has 3 N–H and O–H groups in total. The summed E-state index contributed by atoms with van der Waals surface area (Å²) >= 11 is 1.72. The predicted molar refractivity (Wildman–Crippen MR) is 62.4 cm³/mol. The molecule has 0 aliphatic carbocycles. The van der Waals surface area contributed by atoms with Crippen LogP contribution in [0.3, 0.4) is 0 Å². The van der Waals surface area contributed by atoms with Crippen molar-refractivity contribution in [1.29, 1.82) is 0 Å². The van der Waals surface area contributed by atoms with Crippen molar-refractivity contribution in [2.75, 3.05) is 6.61 Å². The molecule has 0 aromatic carbocycles. The summed E-state index contributed by atoms with van der Waals surface area (Å²) in [4.78, 5) is 0. The lowest BCUT2D eigenvalue weighted by Crippen LogP contribution is -2.38. The van der Waals surface area contributed by atoms with Gasteiger partial charge in [-0.25, -0.2) is 0 Å². The van der Waals surface area contributed by atoms with Crippen LogP contribution in [0, 0.1) is 0 Å². The maximum atomic E-state index is 5.58. The van der Waals surface area contributed by atoms with E-state index in [1.807, 2.05) is 6.26 Å². The van der Waals surface area contributed by atoms with Gasteiger partial charge in [0.05, 0.1) is 12.9 Å². The minimum Gasteiger partial charge on any atom is -0.501 e. The Morgan fingerprint density at radius 3 is 3.13 bits per heavy atom. The lowest BCUT2D eigenvalue weighted by molar-refractivity contribution is 0.219. The van der Waals surface area contributed by atoms with E-state index in [-0.39, 0.29) is 6.04 Å². The number of hydrogen-bond acceptors (Lipinski definition) is 4. The van der Waals surface area contributed by atoms with Gasteiger partial charge in [-0.3, -0.25) is 11.3 Å². The largest absolute Gasteiger partial charge is 0.501 e. The van der Waals surface area contributed by atoms with Crippen molar-refractivity contribution in [2.45, 2.75) is 25.3 Å². The van der Waals surface area contributed by atoms with Crippen molar-refractivity contribution in [3.8, 4) is 0 Å². The summed E-state index contributed by atoms with van der Waals surface area (Å²) in [6.45, 7) is 0.833. The zero-order chi connectivity index (χ0) is 10.5. The summed E-state index contributed by atoms with van der Waals surface area (Å²) < 4.78 is 5.33. The Balaban J connectivity index is 2.00. The van der Waals surface area contributed by atoms with Crippen LogP contribution in [-0.4, -0.2) is 12.6 Å². The highest BCUT2D eigenvalue weighted by atomic mass is 32.1. The quantitative estimate of drug-likeness (QED) is 0.606. The van der Waals surface area contributed by atoms with E-state index in [0.717, 1.165) is 25.9 Å². The zero-order valence-corrected chi connectivity index (χ0v) is 9.43. The SMILES string of the molecule is NNC(Cc1ccsc1)C1=COCCC1. The van der Waals surface area contributed by atoms with Crippen LogP contribution in [0.25, 0.3) is 0 Å². The fourth-order valence-electron chi connectivity index (χ4n) is 1.78. The maximum absolute atomic E-state index is 5.58. The maximum Gasteiger partial charge on any atom is 0.0876 e. The van der Waals surface area contributed by atoms with Crippen molar-refractivity contribution >= 4 is 11.3 Å². The van der Waals surface area contributed by atoms with Gasteiger partial charge in [-0.1, -0.05) is 0 Å². The summed E-state index contributed by atoms with van der Waals surface area (Å²) in [5.41, 5.74) is 5.47. The van der Waals surface area contributed by atoms with E-state index in [1.165, 1.54) is 11.1 Å². The van der Waals surface area contributed by atoms with Crippen molar-refractivity contribution in [3.05, 3.63) is 34.2 Å². The first kappa shape index (κ1) is 10.7. The third-order valence-electron chi connectivity index (χ3n) is 2.63. The fourth-order valence-corrected chi connectivity index (χ4v) is 2.46. The normalized spacial score (nSPS) is 18.1. The summed E-state index contributed by atoms with van der Waals surface area (Å²) in [6.07, 6.45) is 4.97. The second-order valence-corrected chi connectivity index (χ2v) is 4.50. The van der Waals surface area contributed by atoms with Gasteiger partial charge < -0.3 is 4.74 Å². The average molecular weight is 224 g/mol. The minimum absolute atomic E-state index is 0.208. The number of nitrogens with one attached hydrogen (secondary N) is 1. The van der Waals surface area contributed by atoms with Crippen molar-refractivity contribution in [1.82, 2.24) is 5.43 Å². The van der Waals surface area contributed by atoms with E-state index in [2.05, 4.69) is 22.3 Å². The molecule has 1 unspecified atom stereocenters. The van der Waals surface area contributed by atoms with Crippen LogP contribution < -0.4 is 11.3 Å². The van der Waals surface area contributed by atoms with E-state index >= 15 is 0 Å². The Hall–Kier alpha value is -0.840. The molecule has 2 heterocycles. The predicted octanol–water partition coefficient (Wildman–Crippen LogP) is 1.82. The fraction of sp³-hybridized carbons (Fsp3) is 0.455. The molecule has 0 saturated carbocycles. The molecule has 15 heavy (non-hydrogen) atoms. The molecule has 1 aliphatic heterocycles. The Morgan fingerprint density at radius 1 is 1.60 bits per heavy atom. The standard InChI is InChI=1S/C11H16N2OS/c12-13-11(6-9-3-5-15-8-9)10-2-1-4-14-7-10/h3,5,7-8,11,13H,1-2,4,6,12H2. The molecule has 0 fully saturated rings. The first-order valence-electron chi connectivity index (χ1n) is 5.18. The zero-order valence-electron chi connectivity index (χ0n) is 8.61. The molecule has 0 saturated heterocycles. The van der Waals surface area contributed by atoms with Gasteiger partial charge in [0.1, 0.15) is 0 Å². The Morgan fingerprint density at radius 2 is 2.53 bits per heavy atom. The van der Waals surface area contributed by atoms with Gasteiger partial charge in [0.25, 0.3) is 0 Å². The molecule has 82 valence electrons. The summed E-state index contributed by atoms with van der Waals surface area (Å²) in [7, 11) is 0. The number of rotatable bonds is 4. The monoisotopic (exact) mass is 224 g/mol. The van der Waals surface area contributed by atoms with Crippen LogP contribution in [0.1, 0.15) is 18.4 Å². The van der Waals surface area contributed by atoms with Crippen molar-refractivity contribution < 1.29 is 4.74 Å². The first-order valence-corrected chi connectivity index (χ1v) is 6.12. The van der Waals surface area contributed by atoms with E-state index in [9.17, 15) is 0 Å². The molecule has 0 bridgehead atoms. The van der Waals surface area contributed by atoms with Crippen molar-refractivity contribution in [3.63, 3.8) is 0 Å². The van der Waals surface area contributed by atoms with Gasteiger partial charge >= 0.3 is 0 Å². The highest BCUT2D eigenvalue weighted by Gasteiger charge is 2.16.